The Morgan fingerprint density at radius 1 is 1.37 bits per heavy atom. The highest BCUT2D eigenvalue weighted by molar-refractivity contribution is 5.75. The Bertz CT molecular complexity index is 807. The molecule has 1 aromatic rings. The van der Waals surface area contributed by atoms with Crippen molar-refractivity contribution in [3.63, 3.8) is 0 Å². The smallest absolute Gasteiger partial charge is 0.233 e. The summed E-state index contributed by atoms with van der Waals surface area (Å²) in [4.78, 5) is 21.4. The number of nitrogens with one attached hydrogen (secondary N) is 1. The molecule has 0 unspecified atom stereocenters. The molecular weight excluding hydrogens is 378 g/mol. The van der Waals surface area contributed by atoms with Gasteiger partial charge in [-0.05, 0) is 50.1 Å². The molecule has 1 amide bonds. The van der Waals surface area contributed by atoms with E-state index in [0.717, 1.165) is 38.3 Å². The maximum Gasteiger partial charge on any atom is 0.233 e. The van der Waals surface area contributed by atoms with E-state index >= 15 is 0 Å². The molecule has 1 aromatic heterocycles. The molecule has 3 saturated heterocycles. The van der Waals surface area contributed by atoms with Crippen molar-refractivity contribution in [2.24, 2.45) is 11.8 Å². The molecular formula is C23H33N5O2. The van der Waals surface area contributed by atoms with Gasteiger partial charge in [0.2, 0.25) is 11.8 Å². The molecule has 3 aliphatic heterocycles. The molecule has 0 spiro atoms. The number of piperidine rings is 3. The van der Waals surface area contributed by atoms with Crippen LogP contribution in [0, 0.1) is 23.2 Å². The van der Waals surface area contributed by atoms with Gasteiger partial charge in [0.1, 0.15) is 11.6 Å². The maximum absolute atomic E-state index is 12.2. The number of rotatable bonds is 6. The highest BCUT2D eigenvalue weighted by Crippen LogP contribution is 2.43. The van der Waals surface area contributed by atoms with Gasteiger partial charge < -0.3 is 15.0 Å². The van der Waals surface area contributed by atoms with Crippen LogP contribution < -0.4 is 15.0 Å². The SMILES string of the molecule is CCCC(=O)NC[C@H]1[C@H]2C[C@H](CN(c3ccnc(OC)c3C#N)C2)[C@@H]2CCCCN21. The van der Waals surface area contributed by atoms with Gasteiger partial charge in [0.25, 0.3) is 0 Å². The van der Waals surface area contributed by atoms with Crippen LogP contribution in [0.2, 0.25) is 0 Å². The lowest BCUT2D eigenvalue weighted by Crippen LogP contribution is -2.65. The lowest BCUT2D eigenvalue weighted by molar-refractivity contribution is -0.122. The first kappa shape index (κ1) is 20.9. The number of hydrogen-bond acceptors (Lipinski definition) is 6. The second-order valence-corrected chi connectivity index (χ2v) is 8.91. The van der Waals surface area contributed by atoms with Crippen LogP contribution in [0.25, 0.3) is 0 Å². The van der Waals surface area contributed by atoms with Crippen molar-refractivity contribution in [2.75, 3.05) is 38.2 Å². The van der Waals surface area contributed by atoms with Crippen LogP contribution in [0.5, 0.6) is 5.88 Å². The molecule has 4 atom stereocenters. The van der Waals surface area contributed by atoms with E-state index in [1.54, 1.807) is 13.3 Å². The lowest BCUT2D eigenvalue weighted by atomic mass is 9.72. The molecule has 0 aromatic carbocycles. The molecule has 1 N–H and O–H groups in total. The van der Waals surface area contributed by atoms with Crippen molar-refractivity contribution < 1.29 is 9.53 Å². The van der Waals surface area contributed by atoms with Crippen molar-refractivity contribution in [2.45, 2.75) is 57.5 Å². The third-order valence-electron chi connectivity index (χ3n) is 7.15. The molecule has 3 aliphatic rings. The Labute approximate surface area is 179 Å². The van der Waals surface area contributed by atoms with Crippen LogP contribution >= 0.6 is 0 Å². The van der Waals surface area contributed by atoms with Crippen LogP contribution in [0.15, 0.2) is 12.3 Å². The van der Waals surface area contributed by atoms with Gasteiger partial charge in [0, 0.05) is 44.3 Å². The van der Waals surface area contributed by atoms with E-state index in [1.807, 2.05) is 13.0 Å². The number of aromatic nitrogens is 1. The maximum atomic E-state index is 12.2. The molecule has 7 nitrogen and oxygen atoms in total. The van der Waals surface area contributed by atoms with Crippen molar-refractivity contribution in [1.82, 2.24) is 15.2 Å². The summed E-state index contributed by atoms with van der Waals surface area (Å²) in [5, 5.41) is 13.0. The zero-order chi connectivity index (χ0) is 21.1. The second kappa shape index (κ2) is 9.22. The van der Waals surface area contributed by atoms with E-state index < -0.39 is 0 Å². The Balaban J connectivity index is 1.59. The summed E-state index contributed by atoms with van der Waals surface area (Å²) in [6.45, 7) is 5.77. The Morgan fingerprint density at radius 3 is 2.97 bits per heavy atom. The normalized spacial score (nSPS) is 28.4. The Hall–Kier alpha value is -2.33. The van der Waals surface area contributed by atoms with Crippen LogP contribution in [-0.4, -0.2) is 61.2 Å². The third kappa shape index (κ3) is 3.98. The number of pyridine rings is 1. The molecule has 0 aliphatic carbocycles. The molecule has 4 rings (SSSR count). The molecule has 162 valence electrons. The number of amides is 1. The zero-order valence-corrected chi connectivity index (χ0v) is 18.1. The van der Waals surface area contributed by atoms with Crippen molar-refractivity contribution in [1.29, 1.82) is 5.26 Å². The van der Waals surface area contributed by atoms with Gasteiger partial charge in [0.05, 0.1) is 12.8 Å². The van der Waals surface area contributed by atoms with Crippen LogP contribution in [-0.2, 0) is 4.79 Å². The molecule has 4 heterocycles. The van der Waals surface area contributed by atoms with Crippen LogP contribution in [0.4, 0.5) is 5.69 Å². The van der Waals surface area contributed by atoms with E-state index in [1.165, 1.54) is 25.7 Å². The van der Waals surface area contributed by atoms with E-state index in [4.69, 9.17) is 4.74 Å². The number of nitriles is 1. The van der Waals surface area contributed by atoms with Gasteiger partial charge in [-0.25, -0.2) is 4.98 Å². The van der Waals surface area contributed by atoms with Gasteiger partial charge in [-0.1, -0.05) is 13.3 Å². The summed E-state index contributed by atoms with van der Waals surface area (Å²) >= 11 is 0. The van der Waals surface area contributed by atoms with Gasteiger partial charge in [-0.15, -0.1) is 0 Å². The second-order valence-electron chi connectivity index (χ2n) is 8.91. The summed E-state index contributed by atoms with van der Waals surface area (Å²) in [5.74, 6) is 1.63. The number of carbonyl (C=O) groups is 1. The van der Waals surface area contributed by atoms with Crippen LogP contribution in [0.1, 0.15) is 51.0 Å². The fourth-order valence-electron chi connectivity index (χ4n) is 5.88. The minimum atomic E-state index is 0.159. The number of ether oxygens (including phenoxy) is 1. The predicted molar refractivity (Wildman–Crippen MR) is 115 cm³/mol. The largest absolute Gasteiger partial charge is 0.480 e. The lowest BCUT2D eigenvalue weighted by Gasteiger charge is -2.57. The van der Waals surface area contributed by atoms with Gasteiger partial charge in [-0.3, -0.25) is 9.69 Å². The Morgan fingerprint density at radius 2 is 2.20 bits per heavy atom. The number of methoxy groups -OCH3 is 1. The van der Waals surface area contributed by atoms with Crippen molar-refractivity contribution in [3.05, 3.63) is 17.8 Å². The van der Waals surface area contributed by atoms with Crippen molar-refractivity contribution >= 4 is 11.6 Å². The number of fused-ring (bicyclic) bond motifs is 4. The molecule has 0 radical (unpaired) electrons. The fraction of sp³-hybridized carbons (Fsp3) is 0.696. The summed E-state index contributed by atoms with van der Waals surface area (Å²) in [5.41, 5.74) is 1.45. The van der Waals surface area contributed by atoms with E-state index in [0.29, 0.717) is 41.8 Å². The number of anilines is 1. The molecule has 0 saturated carbocycles. The van der Waals surface area contributed by atoms with E-state index in [-0.39, 0.29) is 5.91 Å². The number of hydrogen-bond donors (Lipinski definition) is 1. The van der Waals surface area contributed by atoms with Gasteiger partial charge in [0.15, 0.2) is 0 Å². The van der Waals surface area contributed by atoms with Crippen LogP contribution in [0.3, 0.4) is 0 Å². The van der Waals surface area contributed by atoms with Gasteiger partial charge >= 0.3 is 0 Å². The first-order valence-electron chi connectivity index (χ1n) is 11.4. The van der Waals surface area contributed by atoms with E-state index in [2.05, 4.69) is 26.2 Å². The minimum absolute atomic E-state index is 0.159. The Kier molecular flexibility index (Phi) is 6.43. The quantitative estimate of drug-likeness (QED) is 0.775. The average molecular weight is 412 g/mol. The van der Waals surface area contributed by atoms with Crippen molar-refractivity contribution in [3.8, 4) is 11.9 Å². The molecule has 7 heteroatoms. The number of nitrogens with zero attached hydrogens (tertiary/aromatic N) is 4. The molecule has 30 heavy (non-hydrogen) atoms. The summed E-state index contributed by atoms with van der Waals surface area (Å²) < 4.78 is 5.34. The zero-order valence-electron chi connectivity index (χ0n) is 18.1. The summed E-state index contributed by atoms with van der Waals surface area (Å²) in [7, 11) is 1.56. The van der Waals surface area contributed by atoms with E-state index in [9.17, 15) is 10.1 Å². The standard InChI is InChI=1S/C23H33N5O2/c1-3-6-22(29)26-13-21-17-11-16(19-7-4-5-10-28(19)21)14-27(15-17)20-8-9-25-23(30-2)18(20)12-24/h8-9,16-17,19,21H,3-7,10-11,13-15H2,1-2H3,(H,26,29)/t16-,17+,19+,21+/m1/s1. The monoisotopic (exact) mass is 411 g/mol. The number of carbonyl (C=O) groups excluding carboxylic acids is 1. The average Bonchev–Trinajstić information content (AvgIpc) is 2.78. The summed E-state index contributed by atoms with van der Waals surface area (Å²) in [6.07, 6.45) is 8.17. The highest BCUT2D eigenvalue weighted by Gasteiger charge is 2.47. The minimum Gasteiger partial charge on any atom is -0.480 e. The first-order valence-corrected chi connectivity index (χ1v) is 11.4. The molecule has 2 bridgehead atoms. The highest BCUT2D eigenvalue weighted by atomic mass is 16.5. The summed E-state index contributed by atoms with van der Waals surface area (Å²) in [6, 6.07) is 5.18. The fourth-order valence-corrected chi connectivity index (χ4v) is 5.88. The van der Waals surface area contributed by atoms with Gasteiger partial charge in [-0.2, -0.15) is 5.26 Å². The topological polar surface area (TPSA) is 81.5 Å². The third-order valence-corrected chi connectivity index (χ3v) is 7.15. The first-order chi connectivity index (χ1) is 14.7. The molecule has 3 fully saturated rings. The predicted octanol–water partition coefficient (Wildman–Crippen LogP) is 2.56.